The van der Waals surface area contributed by atoms with Gasteiger partial charge in [0.15, 0.2) is 0 Å². The predicted octanol–water partition coefficient (Wildman–Crippen LogP) is 3.54. The van der Waals surface area contributed by atoms with Crippen LogP contribution in [0.5, 0.6) is 0 Å². The van der Waals surface area contributed by atoms with E-state index in [1.165, 1.54) is 0 Å². The molecule has 5 atom stereocenters. The van der Waals surface area contributed by atoms with Gasteiger partial charge in [0.2, 0.25) is 5.66 Å². The Morgan fingerprint density at radius 2 is 1.13 bits per heavy atom. The Morgan fingerprint density at radius 1 is 0.767 bits per heavy atom. The highest BCUT2D eigenvalue weighted by molar-refractivity contribution is 7.53. The molecule has 0 saturated carbocycles. The lowest BCUT2D eigenvalue weighted by atomic mass is 10.1. The van der Waals surface area contributed by atoms with Crippen LogP contribution in [-0.2, 0) is 33.1 Å². The van der Waals surface area contributed by atoms with Crippen molar-refractivity contribution in [2.45, 2.75) is 117 Å². The van der Waals surface area contributed by atoms with Crippen molar-refractivity contribution in [1.29, 1.82) is 0 Å². The Balaban J connectivity index is 6.70. The lowest BCUT2D eigenvalue weighted by Crippen LogP contribution is -2.60. The minimum Gasteiger partial charge on any atom is -0.462 e. The molecule has 0 aliphatic heterocycles. The third-order valence-corrected chi connectivity index (χ3v) is 6.11. The van der Waals surface area contributed by atoms with Crippen molar-refractivity contribution in [3.05, 3.63) is 0 Å². The standard InChI is InChI=1S/C20H39O9P/c1-9-13(5)26-18(21)17(30(23,24)25)20(28-15(7)11-3,29-16(8)12-4)19(22)27-14(6)10-2/h13-17H,9-12H2,1-8H3,(H2,23,24,25). The molecule has 9 nitrogen and oxygen atoms in total. The highest BCUT2D eigenvalue weighted by Gasteiger charge is 2.63. The van der Waals surface area contributed by atoms with Gasteiger partial charge in [-0.3, -0.25) is 9.36 Å². The molecule has 0 amide bonds. The zero-order valence-corrected chi connectivity index (χ0v) is 20.3. The van der Waals surface area contributed by atoms with Crippen molar-refractivity contribution in [3.8, 4) is 0 Å². The first-order chi connectivity index (χ1) is 13.8. The summed E-state index contributed by atoms with van der Waals surface area (Å²) in [5.41, 5.74) is -2.33. The van der Waals surface area contributed by atoms with Crippen molar-refractivity contribution in [3.63, 3.8) is 0 Å². The van der Waals surface area contributed by atoms with Gasteiger partial charge in [0.1, 0.15) is 0 Å². The monoisotopic (exact) mass is 454 g/mol. The van der Waals surface area contributed by atoms with Crippen molar-refractivity contribution in [2.24, 2.45) is 0 Å². The second-order valence-electron chi connectivity index (χ2n) is 7.61. The summed E-state index contributed by atoms with van der Waals surface area (Å²) in [6, 6.07) is 0. The van der Waals surface area contributed by atoms with E-state index in [1.54, 1.807) is 55.4 Å². The Bertz CT molecular complexity index is 577. The van der Waals surface area contributed by atoms with Gasteiger partial charge in [0, 0.05) is 0 Å². The van der Waals surface area contributed by atoms with Gasteiger partial charge in [-0.2, -0.15) is 0 Å². The van der Waals surface area contributed by atoms with Crippen LogP contribution in [0.4, 0.5) is 0 Å². The number of esters is 2. The zero-order valence-electron chi connectivity index (χ0n) is 19.4. The summed E-state index contributed by atoms with van der Waals surface area (Å²) in [6.07, 6.45) is -0.863. The number of hydrogen-bond donors (Lipinski definition) is 2. The van der Waals surface area contributed by atoms with Gasteiger partial charge in [-0.15, -0.1) is 0 Å². The lowest BCUT2D eigenvalue weighted by molar-refractivity contribution is -0.279. The Labute approximate surface area is 180 Å². The third-order valence-electron chi connectivity index (χ3n) is 4.88. The molecule has 0 aliphatic rings. The molecular weight excluding hydrogens is 415 g/mol. The summed E-state index contributed by atoms with van der Waals surface area (Å²) in [5.74, 6) is -5.09. The quantitative estimate of drug-likeness (QED) is 0.230. The van der Waals surface area contributed by atoms with Gasteiger partial charge in [-0.1, -0.05) is 27.7 Å². The topological polar surface area (TPSA) is 129 Å². The molecule has 0 fully saturated rings. The molecule has 0 rings (SSSR count). The van der Waals surface area contributed by atoms with E-state index in [0.717, 1.165) is 0 Å². The van der Waals surface area contributed by atoms with Gasteiger partial charge >= 0.3 is 19.5 Å². The maximum atomic E-state index is 13.3. The van der Waals surface area contributed by atoms with Crippen LogP contribution < -0.4 is 0 Å². The molecule has 0 heterocycles. The van der Waals surface area contributed by atoms with E-state index in [4.69, 9.17) is 18.9 Å². The Hall–Kier alpha value is -0.990. The van der Waals surface area contributed by atoms with Crippen LogP contribution in [0, 0.1) is 0 Å². The fraction of sp³-hybridized carbons (Fsp3) is 0.900. The maximum Gasteiger partial charge on any atom is 0.368 e. The molecule has 178 valence electrons. The summed E-state index contributed by atoms with van der Waals surface area (Å²) in [7, 11) is -5.28. The van der Waals surface area contributed by atoms with E-state index in [9.17, 15) is 23.9 Å². The van der Waals surface area contributed by atoms with Crippen molar-refractivity contribution in [2.75, 3.05) is 0 Å². The lowest BCUT2D eigenvalue weighted by Gasteiger charge is -2.40. The van der Waals surface area contributed by atoms with E-state index in [0.29, 0.717) is 25.7 Å². The van der Waals surface area contributed by atoms with E-state index in [-0.39, 0.29) is 0 Å². The molecule has 30 heavy (non-hydrogen) atoms. The number of carbonyl (C=O) groups excluding carboxylic acids is 2. The molecule has 5 unspecified atom stereocenters. The largest absolute Gasteiger partial charge is 0.462 e. The van der Waals surface area contributed by atoms with Gasteiger partial charge < -0.3 is 28.7 Å². The molecule has 0 spiro atoms. The molecule has 2 N–H and O–H groups in total. The molecule has 0 saturated heterocycles. The van der Waals surface area contributed by atoms with E-state index in [1.807, 2.05) is 0 Å². The normalized spacial score (nSPS) is 19.1. The molecule has 10 heteroatoms. The molecule has 0 aliphatic carbocycles. The first-order valence-electron chi connectivity index (χ1n) is 10.6. The fourth-order valence-electron chi connectivity index (χ4n) is 2.34. The Kier molecular flexibility index (Phi) is 12.3. The summed E-state index contributed by atoms with van der Waals surface area (Å²) in [5, 5.41) is 0. The van der Waals surface area contributed by atoms with Crippen LogP contribution in [0.15, 0.2) is 0 Å². The van der Waals surface area contributed by atoms with Crippen molar-refractivity contribution < 1.29 is 42.9 Å². The van der Waals surface area contributed by atoms with Crippen molar-refractivity contribution >= 4 is 19.5 Å². The third kappa shape index (κ3) is 8.27. The molecule has 0 aromatic carbocycles. The average molecular weight is 454 g/mol. The van der Waals surface area contributed by atoms with Gasteiger partial charge in [-0.05, 0) is 53.4 Å². The van der Waals surface area contributed by atoms with E-state index < -0.39 is 55.4 Å². The highest BCUT2D eigenvalue weighted by atomic mass is 31.2. The van der Waals surface area contributed by atoms with E-state index in [2.05, 4.69) is 0 Å². The SMILES string of the molecule is CCC(C)OC(=O)C(C(OC(C)CC)(OC(C)CC)C(=O)OC(C)CC)P(=O)(O)O. The van der Waals surface area contributed by atoms with Gasteiger partial charge in [0.25, 0.3) is 5.79 Å². The summed E-state index contributed by atoms with van der Waals surface area (Å²) in [4.78, 5) is 46.4. The molecule has 0 radical (unpaired) electrons. The number of hydrogen-bond acceptors (Lipinski definition) is 7. The van der Waals surface area contributed by atoms with Crippen LogP contribution in [0.1, 0.15) is 81.1 Å². The first-order valence-corrected chi connectivity index (χ1v) is 12.3. The minimum absolute atomic E-state index is 0.399. The Morgan fingerprint density at radius 3 is 1.47 bits per heavy atom. The molecule has 0 aromatic rings. The summed E-state index contributed by atoms with van der Waals surface area (Å²) < 4.78 is 34.7. The zero-order chi connectivity index (χ0) is 23.7. The second kappa shape index (κ2) is 12.8. The summed E-state index contributed by atoms with van der Waals surface area (Å²) >= 11 is 0. The molecular formula is C20H39O9P. The highest BCUT2D eigenvalue weighted by Crippen LogP contribution is 2.50. The van der Waals surface area contributed by atoms with E-state index >= 15 is 0 Å². The second-order valence-corrected chi connectivity index (χ2v) is 9.31. The number of rotatable bonds is 14. The predicted molar refractivity (Wildman–Crippen MR) is 112 cm³/mol. The van der Waals surface area contributed by atoms with Gasteiger partial charge in [-0.25, -0.2) is 4.79 Å². The minimum atomic E-state index is -5.28. The summed E-state index contributed by atoms with van der Waals surface area (Å²) in [6.45, 7) is 13.5. The van der Waals surface area contributed by atoms with Crippen molar-refractivity contribution in [1.82, 2.24) is 0 Å². The maximum absolute atomic E-state index is 13.3. The van der Waals surface area contributed by atoms with Crippen LogP contribution in [0.25, 0.3) is 0 Å². The fourth-order valence-corrected chi connectivity index (χ4v) is 3.34. The number of carbonyl (C=O) groups is 2. The average Bonchev–Trinajstić information content (AvgIpc) is 2.65. The molecule has 0 aromatic heterocycles. The van der Waals surface area contributed by atoms with Gasteiger partial charge in [0.05, 0.1) is 24.4 Å². The van der Waals surface area contributed by atoms with Crippen LogP contribution in [-0.4, -0.2) is 57.6 Å². The number of ether oxygens (including phenoxy) is 4. The molecule has 0 bridgehead atoms. The van der Waals surface area contributed by atoms with Crippen LogP contribution >= 0.6 is 7.60 Å². The smallest absolute Gasteiger partial charge is 0.368 e. The first kappa shape index (κ1) is 29.0. The van der Waals surface area contributed by atoms with Crippen LogP contribution in [0.2, 0.25) is 0 Å². The van der Waals surface area contributed by atoms with Crippen LogP contribution in [0.3, 0.4) is 0 Å².